The minimum atomic E-state index is -4.47. The van der Waals surface area contributed by atoms with E-state index in [1.54, 1.807) is 13.0 Å². The molecule has 0 aliphatic heterocycles. The zero-order valence-electron chi connectivity index (χ0n) is 12.9. The highest BCUT2D eigenvalue weighted by Gasteiger charge is 2.31. The number of hydrogen-bond acceptors (Lipinski definition) is 5. The summed E-state index contributed by atoms with van der Waals surface area (Å²) in [5.74, 6) is -0.298. The average molecular weight is 351 g/mol. The summed E-state index contributed by atoms with van der Waals surface area (Å²) >= 11 is 0. The fourth-order valence-electron chi connectivity index (χ4n) is 2.10. The molecule has 0 fully saturated rings. The first kappa shape index (κ1) is 16.7. The zero-order chi connectivity index (χ0) is 18.0. The third kappa shape index (κ3) is 3.70. The summed E-state index contributed by atoms with van der Waals surface area (Å²) in [5.41, 5.74) is -0.648. The lowest BCUT2D eigenvalue weighted by atomic mass is 10.1. The maximum Gasteiger partial charge on any atom is 0.416 e. The molecular weight excluding hydrogens is 339 g/mol. The van der Waals surface area contributed by atoms with Crippen molar-refractivity contribution in [2.45, 2.75) is 19.1 Å². The number of rotatable bonds is 4. The Morgan fingerprint density at radius 3 is 2.72 bits per heavy atom. The first-order valence-corrected chi connectivity index (χ1v) is 7.20. The van der Waals surface area contributed by atoms with Gasteiger partial charge in [0, 0.05) is 5.56 Å². The van der Waals surface area contributed by atoms with Gasteiger partial charge < -0.3 is 14.3 Å². The van der Waals surface area contributed by atoms with Gasteiger partial charge in [-0.2, -0.15) is 18.2 Å². The van der Waals surface area contributed by atoms with Gasteiger partial charge in [0.2, 0.25) is 11.7 Å². The molecule has 0 saturated carbocycles. The minimum absolute atomic E-state index is 0.000183. The Balaban J connectivity index is 1.77. The predicted molar refractivity (Wildman–Crippen MR) is 79.3 cm³/mol. The Kier molecular flexibility index (Phi) is 4.30. The van der Waals surface area contributed by atoms with Crippen LogP contribution in [0.1, 0.15) is 35.0 Å². The molecule has 1 atom stereocenters. The van der Waals surface area contributed by atoms with Crippen LogP contribution >= 0.6 is 0 Å². The molecule has 0 aliphatic rings. The molecule has 0 spiro atoms. The highest BCUT2D eigenvalue weighted by molar-refractivity contribution is 5.91. The fraction of sp³-hybridized carbons (Fsp3) is 0.188. The van der Waals surface area contributed by atoms with Crippen molar-refractivity contribution in [1.82, 2.24) is 15.5 Å². The normalized spacial score (nSPS) is 12.8. The molecule has 6 nitrogen and oxygen atoms in total. The van der Waals surface area contributed by atoms with E-state index in [1.807, 2.05) is 0 Å². The number of amides is 1. The maximum atomic E-state index is 12.8. The van der Waals surface area contributed by atoms with Crippen molar-refractivity contribution in [3.8, 4) is 11.4 Å². The van der Waals surface area contributed by atoms with Crippen molar-refractivity contribution in [3.05, 3.63) is 59.9 Å². The molecule has 1 aromatic carbocycles. The van der Waals surface area contributed by atoms with Crippen LogP contribution in [0.3, 0.4) is 0 Å². The van der Waals surface area contributed by atoms with E-state index in [2.05, 4.69) is 15.5 Å². The van der Waals surface area contributed by atoms with Crippen molar-refractivity contribution in [3.63, 3.8) is 0 Å². The molecule has 9 heteroatoms. The van der Waals surface area contributed by atoms with Crippen molar-refractivity contribution in [2.75, 3.05) is 0 Å². The van der Waals surface area contributed by atoms with E-state index in [0.717, 1.165) is 12.1 Å². The number of benzene rings is 1. The van der Waals surface area contributed by atoms with Crippen molar-refractivity contribution < 1.29 is 26.9 Å². The van der Waals surface area contributed by atoms with Gasteiger partial charge in [-0.3, -0.25) is 4.79 Å². The lowest BCUT2D eigenvalue weighted by Gasteiger charge is -2.07. The molecule has 1 N–H and O–H groups in total. The van der Waals surface area contributed by atoms with E-state index in [9.17, 15) is 18.0 Å². The van der Waals surface area contributed by atoms with Crippen LogP contribution in [0.5, 0.6) is 0 Å². The van der Waals surface area contributed by atoms with Crippen LogP contribution in [0.25, 0.3) is 11.4 Å². The molecule has 0 bridgehead atoms. The quantitative estimate of drug-likeness (QED) is 0.772. The maximum absolute atomic E-state index is 12.8. The molecule has 25 heavy (non-hydrogen) atoms. The minimum Gasteiger partial charge on any atom is -0.459 e. The van der Waals surface area contributed by atoms with Crippen LogP contribution in [-0.4, -0.2) is 16.0 Å². The summed E-state index contributed by atoms with van der Waals surface area (Å²) in [4.78, 5) is 15.9. The Labute approximate surface area is 139 Å². The summed E-state index contributed by atoms with van der Waals surface area (Å²) < 4.78 is 48.3. The van der Waals surface area contributed by atoms with Crippen LogP contribution in [0.2, 0.25) is 0 Å². The summed E-state index contributed by atoms with van der Waals surface area (Å²) in [5, 5.41) is 6.26. The number of nitrogens with one attached hydrogen (secondary N) is 1. The number of carbonyl (C=O) groups is 1. The SMILES string of the molecule is C[C@@H](NC(=O)c1ccco1)c1nc(-c2cccc(C(F)(F)F)c2)no1. The molecule has 2 heterocycles. The molecule has 3 aromatic rings. The molecule has 0 aliphatic carbocycles. The number of nitrogens with zero attached hydrogens (tertiary/aromatic N) is 2. The van der Waals surface area contributed by atoms with Crippen LogP contribution in [-0.2, 0) is 6.18 Å². The van der Waals surface area contributed by atoms with Crippen molar-refractivity contribution in [1.29, 1.82) is 0 Å². The molecule has 130 valence electrons. The molecule has 1 amide bonds. The summed E-state index contributed by atoms with van der Waals surface area (Å²) in [6.07, 6.45) is -3.11. The standard InChI is InChI=1S/C16H12F3N3O3/c1-9(20-14(23)12-6-3-7-24-12)15-21-13(22-25-15)10-4-2-5-11(8-10)16(17,18)19/h2-9H,1H3,(H,20,23)/t9-/m1/s1. The van der Waals surface area contributed by atoms with Gasteiger partial charge >= 0.3 is 6.18 Å². The topological polar surface area (TPSA) is 81.2 Å². The van der Waals surface area contributed by atoms with E-state index >= 15 is 0 Å². The second kappa shape index (κ2) is 6.42. The predicted octanol–water partition coefficient (Wildman–Crippen LogP) is 3.84. The lowest BCUT2D eigenvalue weighted by Crippen LogP contribution is -2.26. The third-order valence-corrected chi connectivity index (χ3v) is 3.35. The number of alkyl halides is 3. The largest absolute Gasteiger partial charge is 0.459 e. The lowest BCUT2D eigenvalue weighted by molar-refractivity contribution is -0.137. The van der Waals surface area contributed by atoms with Crippen molar-refractivity contribution in [2.24, 2.45) is 0 Å². The van der Waals surface area contributed by atoms with Gasteiger partial charge in [0.15, 0.2) is 5.76 Å². The Bertz CT molecular complexity index is 872. The van der Waals surface area contributed by atoms with E-state index < -0.39 is 23.7 Å². The molecule has 0 unspecified atom stereocenters. The van der Waals surface area contributed by atoms with Crippen LogP contribution in [0.15, 0.2) is 51.6 Å². The first-order valence-electron chi connectivity index (χ1n) is 7.20. The second-order valence-corrected chi connectivity index (χ2v) is 5.21. The zero-order valence-corrected chi connectivity index (χ0v) is 12.9. The monoisotopic (exact) mass is 351 g/mol. The summed E-state index contributed by atoms with van der Waals surface area (Å²) in [6.45, 7) is 1.60. The highest BCUT2D eigenvalue weighted by Crippen LogP contribution is 2.31. The number of aromatic nitrogens is 2. The smallest absolute Gasteiger partial charge is 0.416 e. The van der Waals surface area contributed by atoms with Crippen LogP contribution in [0.4, 0.5) is 13.2 Å². The van der Waals surface area contributed by atoms with E-state index in [0.29, 0.717) is 0 Å². The number of carbonyl (C=O) groups excluding carboxylic acids is 1. The van der Waals surface area contributed by atoms with E-state index in [1.165, 1.54) is 24.5 Å². The van der Waals surface area contributed by atoms with Crippen LogP contribution in [0, 0.1) is 0 Å². The van der Waals surface area contributed by atoms with Gasteiger partial charge in [-0.05, 0) is 31.2 Å². The molecular formula is C16H12F3N3O3. The Morgan fingerprint density at radius 1 is 1.24 bits per heavy atom. The van der Waals surface area contributed by atoms with Gasteiger partial charge in [-0.15, -0.1) is 0 Å². The fourth-order valence-corrected chi connectivity index (χ4v) is 2.10. The second-order valence-electron chi connectivity index (χ2n) is 5.21. The van der Waals surface area contributed by atoms with Gasteiger partial charge in [0.05, 0.1) is 11.8 Å². The van der Waals surface area contributed by atoms with Crippen molar-refractivity contribution >= 4 is 5.91 Å². The van der Waals surface area contributed by atoms with E-state index in [-0.39, 0.29) is 23.0 Å². The van der Waals surface area contributed by atoms with E-state index in [4.69, 9.17) is 8.94 Å². The first-order chi connectivity index (χ1) is 11.8. The number of halogens is 3. The van der Waals surface area contributed by atoms with Crippen LogP contribution < -0.4 is 5.32 Å². The highest BCUT2D eigenvalue weighted by atomic mass is 19.4. The number of furan rings is 1. The molecule has 3 rings (SSSR count). The molecule has 0 radical (unpaired) electrons. The third-order valence-electron chi connectivity index (χ3n) is 3.35. The van der Waals surface area contributed by atoms with Gasteiger partial charge in [-0.25, -0.2) is 0 Å². The van der Waals surface area contributed by atoms with Gasteiger partial charge in [0.1, 0.15) is 6.04 Å². The average Bonchev–Trinajstić information content (AvgIpc) is 3.26. The Hall–Kier alpha value is -3.10. The summed E-state index contributed by atoms with van der Waals surface area (Å²) in [6, 6.07) is 7.00. The van der Waals surface area contributed by atoms with Gasteiger partial charge in [0.25, 0.3) is 5.91 Å². The number of hydrogen-bond donors (Lipinski definition) is 1. The van der Waals surface area contributed by atoms with Gasteiger partial charge in [-0.1, -0.05) is 17.3 Å². The molecule has 2 aromatic heterocycles. The summed E-state index contributed by atoms with van der Waals surface area (Å²) in [7, 11) is 0. The molecule has 0 saturated heterocycles. The Morgan fingerprint density at radius 2 is 2.04 bits per heavy atom.